The minimum absolute atomic E-state index is 0.396. The molecule has 0 amide bonds. The fourth-order valence-electron chi connectivity index (χ4n) is 1.62. The van der Waals surface area contributed by atoms with Crippen LogP contribution >= 0.6 is 0 Å². The first kappa shape index (κ1) is 12.9. The Kier molecular flexibility index (Phi) is 4.02. The average Bonchev–Trinajstić information content (AvgIpc) is 2.46. The van der Waals surface area contributed by atoms with Crippen molar-refractivity contribution in [3.63, 3.8) is 0 Å². The lowest BCUT2D eigenvalue weighted by atomic mass is 10.2. The molecule has 0 unspecified atom stereocenters. The van der Waals surface area contributed by atoms with E-state index in [-0.39, 0.29) is 0 Å². The Bertz CT molecular complexity index is 543. The number of aromatic nitrogens is 2. The van der Waals surface area contributed by atoms with E-state index in [1.54, 1.807) is 26.4 Å². The van der Waals surface area contributed by atoms with Gasteiger partial charge in [0.05, 0.1) is 14.2 Å². The van der Waals surface area contributed by atoms with Crippen LogP contribution in [0, 0.1) is 0 Å². The molecule has 0 atom stereocenters. The van der Waals surface area contributed by atoms with Crippen LogP contribution in [0.15, 0.2) is 30.3 Å². The molecule has 0 radical (unpaired) electrons. The van der Waals surface area contributed by atoms with Gasteiger partial charge in [0.2, 0.25) is 0 Å². The van der Waals surface area contributed by atoms with Crippen LogP contribution in [0.4, 0.5) is 11.6 Å². The van der Waals surface area contributed by atoms with Crippen molar-refractivity contribution in [2.75, 3.05) is 25.3 Å². The van der Waals surface area contributed by atoms with E-state index >= 15 is 0 Å². The van der Waals surface area contributed by atoms with Gasteiger partial charge in [-0.15, -0.1) is 10.2 Å². The molecular weight excluding hydrogens is 244 g/mol. The summed E-state index contributed by atoms with van der Waals surface area (Å²) in [7, 11) is 3.25. The molecule has 0 aliphatic rings. The predicted molar refractivity (Wildman–Crippen MR) is 73.3 cm³/mol. The second-order valence-electron chi connectivity index (χ2n) is 3.87. The van der Waals surface area contributed by atoms with Gasteiger partial charge < -0.3 is 20.5 Å². The van der Waals surface area contributed by atoms with Crippen molar-refractivity contribution in [3.8, 4) is 11.5 Å². The Morgan fingerprint density at radius 3 is 2.58 bits per heavy atom. The van der Waals surface area contributed by atoms with Gasteiger partial charge >= 0.3 is 0 Å². The van der Waals surface area contributed by atoms with Gasteiger partial charge in [-0.2, -0.15) is 0 Å². The number of ether oxygens (including phenoxy) is 2. The Labute approximate surface area is 111 Å². The monoisotopic (exact) mass is 260 g/mol. The van der Waals surface area contributed by atoms with E-state index < -0.39 is 0 Å². The van der Waals surface area contributed by atoms with E-state index in [1.807, 2.05) is 18.2 Å². The fourth-order valence-corrected chi connectivity index (χ4v) is 1.62. The second-order valence-corrected chi connectivity index (χ2v) is 3.87. The molecule has 0 bridgehead atoms. The topological polar surface area (TPSA) is 82.3 Å². The molecule has 0 spiro atoms. The normalized spacial score (nSPS) is 10.0. The SMILES string of the molecule is COc1ccc(CNc2ccc(N)nn2)c(OC)c1. The minimum atomic E-state index is 0.396. The molecule has 0 saturated carbocycles. The summed E-state index contributed by atoms with van der Waals surface area (Å²) in [4.78, 5) is 0. The first-order valence-electron chi connectivity index (χ1n) is 5.77. The summed E-state index contributed by atoms with van der Waals surface area (Å²) in [6, 6.07) is 9.13. The lowest BCUT2D eigenvalue weighted by Crippen LogP contribution is -2.04. The molecule has 0 saturated heterocycles. The number of methoxy groups -OCH3 is 2. The van der Waals surface area contributed by atoms with Gasteiger partial charge in [-0.05, 0) is 24.3 Å². The van der Waals surface area contributed by atoms with Crippen LogP contribution in [-0.2, 0) is 6.54 Å². The van der Waals surface area contributed by atoms with Gasteiger partial charge in [-0.3, -0.25) is 0 Å². The van der Waals surface area contributed by atoms with Crippen LogP contribution in [0.5, 0.6) is 11.5 Å². The zero-order valence-corrected chi connectivity index (χ0v) is 10.9. The van der Waals surface area contributed by atoms with Crippen LogP contribution in [0.1, 0.15) is 5.56 Å². The Morgan fingerprint density at radius 2 is 1.95 bits per heavy atom. The van der Waals surface area contributed by atoms with Crippen LogP contribution in [0.2, 0.25) is 0 Å². The lowest BCUT2D eigenvalue weighted by molar-refractivity contribution is 0.391. The number of anilines is 2. The zero-order chi connectivity index (χ0) is 13.7. The summed E-state index contributed by atoms with van der Waals surface area (Å²) < 4.78 is 10.5. The number of nitrogens with zero attached hydrogens (tertiary/aromatic N) is 2. The first-order chi connectivity index (χ1) is 9.22. The zero-order valence-electron chi connectivity index (χ0n) is 10.9. The van der Waals surface area contributed by atoms with Gasteiger partial charge in [0, 0.05) is 18.2 Å². The molecule has 2 rings (SSSR count). The summed E-state index contributed by atoms with van der Waals surface area (Å²) in [6.07, 6.45) is 0. The molecular formula is C13H16N4O2. The van der Waals surface area contributed by atoms with Gasteiger partial charge in [0.1, 0.15) is 23.1 Å². The number of benzene rings is 1. The van der Waals surface area contributed by atoms with Gasteiger partial charge in [0.25, 0.3) is 0 Å². The van der Waals surface area contributed by atoms with E-state index in [9.17, 15) is 0 Å². The van der Waals surface area contributed by atoms with Crippen molar-refractivity contribution in [1.82, 2.24) is 10.2 Å². The largest absolute Gasteiger partial charge is 0.497 e. The molecule has 2 aromatic rings. The van der Waals surface area contributed by atoms with Crippen molar-refractivity contribution in [2.45, 2.75) is 6.54 Å². The van der Waals surface area contributed by atoms with Crippen LogP contribution in [-0.4, -0.2) is 24.4 Å². The standard InChI is InChI=1S/C13H16N4O2/c1-18-10-4-3-9(11(7-10)19-2)8-15-13-6-5-12(14)16-17-13/h3-7H,8H2,1-2H3,(H2,14,16)(H,15,17). The van der Waals surface area contributed by atoms with Crippen molar-refractivity contribution >= 4 is 11.6 Å². The maximum Gasteiger partial charge on any atom is 0.149 e. The maximum absolute atomic E-state index is 5.48. The molecule has 3 N–H and O–H groups in total. The lowest BCUT2D eigenvalue weighted by Gasteiger charge is -2.11. The summed E-state index contributed by atoms with van der Waals surface area (Å²) in [5.41, 5.74) is 6.48. The molecule has 0 fully saturated rings. The highest BCUT2D eigenvalue weighted by atomic mass is 16.5. The highest BCUT2D eigenvalue weighted by molar-refractivity contribution is 5.44. The van der Waals surface area contributed by atoms with Crippen molar-refractivity contribution in [3.05, 3.63) is 35.9 Å². The smallest absolute Gasteiger partial charge is 0.149 e. The van der Waals surface area contributed by atoms with Crippen molar-refractivity contribution in [1.29, 1.82) is 0 Å². The van der Waals surface area contributed by atoms with E-state index in [2.05, 4.69) is 15.5 Å². The van der Waals surface area contributed by atoms with Gasteiger partial charge in [-0.25, -0.2) is 0 Å². The number of nitrogens with one attached hydrogen (secondary N) is 1. The fraction of sp³-hybridized carbons (Fsp3) is 0.231. The molecule has 6 heteroatoms. The highest BCUT2D eigenvalue weighted by Crippen LogP contribution is 2.25. The quantitative estimate of drug-likeness (QED) is 0.851. The van der Waals surface area contributed by atoms with E-state index in [4.69, 9.17) is 15.2 Å². The van der Waals surface area contributed by atoms with E-state index in [0.717, 1.165) is 17.1 Å². The third-order valence-corrected chi connectivity index (χ3v) is 2.64. The number of nitrogen functional groups attached to an aromatic ring is 1. The number of hydrogen-bond acceptors (Lipinski definition) is 6. The molecule has 1 aromatic carbocycles. The Morgan fingerprint density at radius 1 is 1.11 bits per heavy atom. The Balaban J connectivity index is 2.08. The first-order valence-corrected chi connectivity index (χ1v) is 5.77. The minimum Gasteiger partial charge on any atom is -0.497 e. The van der Waals surface area contributed by atoms with E-state index in [0.29, 0.717) is 18.2 Å². The number of nitrogens with two attached hydrogens (primary N) is 1. The summed E-state index contributed by atoms with van der Waals surface area (Å²) in [5, 5.41) is 10.9. The maximum atomic E-state index is 5.48. The molecule has 0 aliphatic carbocycles. The molecule has 1 heterocycles. The third kappa shape index (κ3) is 3.25. The van der Waals surface area contributed by atoms with Crippen molar-refractivity contribution in [2.24, 2.45) is 0 Å². The highest BCUT2D eigenvalue weighted by Gasteiger charge is 2.05. The van der Waals surface area contributed by atoms with Crippen LogP contribution in [0.3, 0.4) is 0 Å². The summed E-state index contributed by atoms with van der Waals surface area (Å²) >= 11 is 0. The summed E-state index contributed by atoms with van der Waals surface area (Å²) in [5.74, 6) is 2.57. The van der Waals surface area contributed by atoms with Gasteiger partial charge in [-0.1, -0.05) is 0 Å². The number of rotatable bonds is 5. The van der Waals surface area contributed by atoms with Crippen LogP contribution in [0.25, 0.3) is 0 Å². The molecule has 1 aromatic heterocycles. The van der Waals surface area contributed by atoms with Crippen LogP contribution < -0.4 is 20.5 Å². The predicted octanol–water partition coefficient (Wildman–Crippen LogP) is 1.69. The van der Waals surface area contributed by atoms with E-state index in [1.165, 1.54) is 0 Å². The van der Waals surface area contributed by atoms with Crippen molar-refractivity contribution < 1.29 is 9.47 Å². The summed E-state index contributed by atoms with van der Waals surface area (Å²) in [6.45, 7) is 0.575. The second kappa shape index (κ2) is 5.90. The third-order valence-electron chi connectivity index (χ3n) is 2.64. The molecule has 6 nitrogen and oxygen atoms in total. The molecule has 100 valence electrons. The molecule has 0 aliphatic heterocycles. The van der Waals surface area contributed by atoms with Gasteiger partial charge in [0.15, 0.2) is 0 Å². The average molecular weight is 260 g/mol. The molecule has 19 heavy (non-hydrogen) atoms. The Hall–Kier alpha value is -2.50. The number of hydrogen-bond donors (Lipinski definition) is 2.